The average Bonchev–Trinajstić information content (AvgIpc) is 2.64. The molecule has 0 radical (unpaired) electrons. The molecule has 1 heterocycles. The summed E-state index contributed by atoms with van der Waals surface area (Å²) >= 11 is 0. The van der Waals surface area contributed by atoms with Crippen LogP contribution in [0.15, 0.2) is 0 Å². The lowest BCUT2D eigenvalue weighted by molar-refractivity contribution is -0.139. The van der Waals surface area contributed by atoms with E-state index < -0.39 is 12.1 Å². The van der Waals surface area contributed by atoms with E-state index in [1.807, 2.05) is 0 Å². The molecule has 1 aliphatic rings. The van der Waals surface area contributed by atoms with Crippen molar-refractivity contribution >= 4 is 12.0 Å². The summed E-state index contributed by atoms with van der Waals surface area (Å²) in [5, 5.41) is 11.4. The first-order valence-corrected chi connectivity index (χ1v) is 6.21. The van der Waals surface area contributed by atoms with Crippen LogP contribution in [0.5, 0.6) is 0 Å². The first kappa shape index (κ1) is 14.8. The molecule has 0 aromatic carbocycles. The SMILES string of the molecule is COC(CNC(=O)N1CC(C)C(C)C1)CC(=O)O. The summed E-state index contributed by atoms with van der Waals surface area (Å²) in [5.74, 6) is 0.0838. The van der Waals surface area contributed by atoms with Crippen molar-refractivity contribution in [2.45, 2.75) is 26.4 Å². The van der Waals surface area contributed by atoms with Crippen LogP contribution in [0.2, 0.25) is 0 Å². The minimum absolute atomic E-state index is 0.108. The number of urea groups is 1. The van der Waals surface area contributed by atoms with E-state index in [0.29, 0.717) is 11.8 Å². The summed E-state index contributed by atoms with van der Waals surface area (Å²) < 4.78 is 5.00. The van der Waals surface area contributed by atoms with Gasteiger partial charge < -0.3 is 20.1 Å². The number of hydrogen-bond acceptors (Lipinski definition) is 3. The van der Waals surface area contributed by atoms with Crippen molar-refractivity contribution in [3.8, 4) is 0 Å². The molecule has 0 spiro atoms. The fraction of sp³-hybridized carbons (Fsp3) is 0.833. The molecule has 104 valence electrons. The van der Waals surface area contributed by atoms with Gasteiger partial charge >= 0.3 is 12.0 Å². The molecule has 3 atom stereocenters. The third-order valence-corrected chi connectivity index (χ3v) is 3.49. The van der Waals surface area contributed by atoms with Gasteiger partial charge in [0.15, 0.2) is 0 Å². The van der Waals surface area contributed by atoms with Gasteiger partial charge in [-0.3, -0.25) is 4.79 Å². The van der Waals surface area contributed by atoms with E-state index in [4.69, 9.17) is 9.84 Å². The number of methoxy groups -OCH3 is 1. The maximum Gasteiger partial charge on any atom is 0.317 e. The fourth-order valence-electron chi connectivity index (χ4n) is 2.04. The van der Waals surface area contributed by atoms with Gasteiger partial charge in [-0.25, -0.2) is 4.79 Å². The van der Waals surface area contributed by atoms with Crippen LogP contribution in [0.1, 0.15) is 20.3 Å². The minimum atomic E-state index is -0.931. The number of nitrogens with zero attached hydrogens (tertiary/aromatic N) is 1. The molecule has 1 aliphatic heterocycles. The van der Waals surface area contributed by atoms with Gasteiger partial charge in [-0.1, -0.05) is 13.8 Å². The lowest BCUT2D eigenvalue weighted by atomic mass is 10.0. The monoisotopic (exact) mass is 258 g/mol. The molecule has 0 aromatic rings. The molecule has 3 unspecified atom stereocenters. The molecule has 6 heteroatoms. The third kappa shape index (κ3) is 4.18. The fourth-order valence-corrected chi connectivity index (χ4v) is 2.04. The van der Waals surface area contributed by atoms with Gasteiger partial charge in [0.05, 0.1) is 12.5 Å². The summed E-state index contributed by atoms with van der Waals surface area (Å²) in [6.45, 7) is 5.98. The summed E-state index contributed by atoms with van der Waals surface area (Å²) in [6.07, 6.45) is -0.590. The van der Waals surface area contributed by atoms with E-state index in [1.54, 1.807) is 4.90 Å². The number of aliphatic carboxylic acids is 1. The first-order chi connectivity index (χ1) is 8.43. The summed E-state index contributed by atoms with van der Waals surface area (Å²) in [6, 6.07) is -0.140. The average molecular weight is 258 g/mol. The van der Waals surface area contributed by atoms with Gasteiger partial charge in [-0.05, 0) is 11.8 Å². The molecule has 1 saturated heterocycles. The minimum Gasteiger partial charge on any atom is -0.481 e. The zero-order chi connectivity index (χ0) is 13.7. The number of rotatable bonds is 5. The van der Waals surface area contributed by atoms with E-state index in [0.717, 1.165) is 13.1 Å². The Bertz CT molecular complexity index is 298. The van der Waals surface area contributed by atoms with Crippen LogP contribution in [0.4, 0.5) is 4.79 Å². The zero-order valence-corrected chi connectivity index (χ0v) is 11.2. The zero-order valence-electron chi connectivity index (χ0n) is 11.2. The summed E-state index contributed by atoms with van der Waals surface area (Å²) in [4.78, 5) is 24.2. The Hall–Kier alpha value is -1.30. The van der Waals surface area contributed by atoms with E-state index >= 15 is 0 Å². The first-order valence-electron chi connectivity index (χ1n) is 6.21. The maximum atomic E-state index is 11.9. The van der Waals surface area contributed by atoms with Crippen LogP contribution in [0, 0.1) is 11.8 Å². The molecule has 18 heavy (non-hydrogen) atoms. The van der Waals surface area contributed by atoms with Gasteiger partial charge in [0.25, 0.3) is 0 Å². The van der Waals surface area contributed by atoms with E-state index in [9.17, 15) is 9.59 Å². The smallest absolute Gasteiger partial charge is 0.317 e. The highest BCUT2D eigenvalue weighted by Crippen LogP contribution is 2.21. The van der Waals surface area contributed by atoms with E-state index in [-0.39, 0.29) is 19.0 Å². The standard InChI is InChI=1S/C12H22N2O4/c1-8-6-14(7-9(8)2)12(17)13-5-10(18-3)4-11(15)16/h8-10H,4-7H2,1-3H3,(H,13,17)(H,15,16). The lowest BCUT2D eigenvalue weighted by Gasteiger charge is -2.19. The second-order valence-corrected chi connectivity index (χ2v) is 5.00. The van der Waals surface area contributed by atoms with Crippen LogP contribution in [0.3, 0.4) is 0 Å². The number of carboxylic acid groups (broad SMARTS) is 1. The topological polar surface area (TPSA) is 78.9 Å². The Labute approximate surface area is 107 Å². The number of likely N-dealkylation sites (tertiary alicyclic amines) is 1. The van der Waals surface area contributed by atoms with E-state index in [2.05, 4.69) is 19.2 Å². The van der Waals surface area contributed by atoms with Crippen molar-refractivity contribution in [1.82, 2.24) is 10.2 Å². The predicted molar refractivity (Wildman–Crippen MR) is 66.3 cm³/mol. The Balaban J connectivity index is 2.34. The van der Waals surface area contributed by atoms with Crippen molar-refractivity contribution in [3.63, 3.8) is 0 Å². The van der Waals surface area contributed by atoms with Crippen LogP contribution < -0.4 is 5.32 Å². The molecule has 2 N–H and O–H groups in total. The largest absolute Gasteiger partial charge is 0.481 e. The number of carbonyl (C=O) groups is 2. The van der Waals surface area contributed by atoms with Crippen LogP contribution in [-0.4, -0.2) is 54.9 Å². The summed E-state index contributed by atoms with van der Waals surface area (Å²) in [7, 11) is 1.44. The number of nitrogens with one attached hydrogen (secondary N) is 1. The van der Waals surface area contributed by atoms with Gasteiger partial charge in [0.2, 0.25) is 0 Å². The molecular formula is C12H22N2O4. The van der Waals surface area contributed by atoms with Gasteiger partial charge in [-0.2, -0.15) is 0 Å². The van der Waals surface area contributed by atoms with Gasteiger partial charge in [0, 0.05) is 26.7 Å². The number of carbonyl (C=O) groups excluding carboxylic acids is 1. The van der Waals surface area contributed by atoms with Gasteiger partial charge in [-0.15, -0.1) is 0 Å². The second-order valence-electron chi connectivity index (χ2n) is 5.00. The van der Waals surface area contributed by atoms with Crippen LogP contribution in [-0.2, 0) is 9.53 Å². The summed E-state index contributed by atoms with van der Waals surface area (Å²) in [5.41, 5.74) is 0. The highest BCUT2D eigenvalue weighted by molar-refractivity contribution is 5.74. The Morgan fingerprint density at radius 2 is 1.94 bits per heavy atom. The predicted octanol–water partition coefficient (Wildman–Crippen LogP) is 0.773. The van der Waals surface area contributed by atoms with Gasteiger partial charge in [0.1, 0.15) is 0 Å². The molecule has 1 rings (SSSR count). The van der Waals surface area contributed by atoms with Crippen molar-refractivity contribution in [2.75, 3.05) is 26.7 Å². The van der Waals surface area contributed by atoms with Crippen molar-refractivity contribution in [2.24, 2.45) is 11.8 Å². The van der Waals surface area contributed by atoms with E-state index in [1.165, 1.54) is 7.11 Å². The third-order valence-electron chi connectivity index (χ3n) is 3.49. The molecular weight excluding hydrogens is 236 g/mol. The number of carboxylic acids is 1. The normalized spacial score (nSPS) is 24.9. The Morgan fingerprint density at radius 3 is 2.39 bits per heavy atom. The second kappa shape index (κ2) is 6.58. The van der Waals surface area contributed by atoms with Crippen molar-refractivity contribution in [3.05, 3.63) is 0 Å². The number of amides is 2. The molecule has 0 aromatic heterocycles. The molecule has 0 saturated carbocycles. The van der Waals surface area contributed by atoms with Crippen molar-refractivity contribution < 1.29 is 19.4 Å². The van der Waals surface area contributed by atoms with Crippen LogP contribution in [0.25, 0.3) is 0 Å². The maximum absolute atomic E-state index is 11.9. The number of hydrogen-bond donors (Lipinski definition) is 2. The van der Waals surface area contributed by atoms with Crippen molar-refractivity contribution in [1.29, 1.82) is 0 Å². The molecule has 2 amide bonds. The molecule has 0 bridgehead atoms. The lowest BCUT2D eigenvalue weighted by Crippen LogP contribution is -2.42. The quantitative estimate of drug-likeness (QED) is 0.763. The number of ether oxygens (including phenoxy) is 1. The Morgan fingerprint density at radius 1 is 1.39 bits per heavy atom. The Kier molecular flexibility index (Phi) is 5.40. The van der Waals surface area contributed by atoms with Crippen LogP contribution >= 0.6 is 0 Å². The highest BCUT2D eigenvalue weighted by atomic mass is 16.5. The molecule has 1 fully saturated rings. The molecule has 6 nitrogen and oxygen atoms in total. The molecule has 0 aliphatic carbocycles. The highest BCUT2D eigenvalue weighted by Gasteiger charge is 2.29.